The third kappa shape index (κ3) is 1.05. The zero-order valence-corrected chi connectivity index (χ0v) is 9.69. The van der Waals surface area contributed by atoms with E-state index in [2.05, 4.69) is 24.3 Å². The van der Waals surface area contributed by atoms with Crippen LogP contribution in [0.3, 0.4) is 0 Å². The number of amides is 1. The van der Waals surface area contributed by atoms with Crippen molar-refractivity contribution in [3.63, 3.8) is 0 Å². The first-order valence-electron chi connectivity index (χ1n) is 6.39. The van der Waals surface area contributed by atoms with Gasteiger partial charge in [0.1, 0.15) is 0 Å². The predicted molar refractivity (Wildman–Crippen MR) is 62.7 cm³/mol. The Kier molecular flexibility index (Phi) is 1.70. The van der Waals surface area contributed by atoms with Gasteiger partial charge in [-0.3, -0.25) is 0 Å². The summed E-state index contributed by atoms with van der Waals surface area (Å²) >= 11 is 0. The fourth-order valence-corrected chi connectivity index (χ4v) is 3.81. The van der Waals surface area contributed by atoms with E-state index in [1.807, 2.05) is 4.90 Å². The van der Waals surface area contributed by atoms with Crippen LogP contribution in [-0.2, 0) is 16.8 Å². The minimum atomic E-state index is -0.329. The van der Waals surface area contributed by atoms with Gasteiger partial charge >= 0.3 is 6.09 Å². The molecule has 0 unspecified atom stereocenters. The first-order chi connectivity index (χ1) is 8.31. The van der Waals surface area contributed by atoms with Crippen LogP contribution in [0.4, 0.5) is 4.79 Å². The molecule has 2 fully saturated rings. The summed E-state index contributed by atoms with van der Waals surface area (Å²) < 4.78 is 5.79. The first kappa shape index (κ1) is 9.51. The van der Waals surface area contributed by atoms with E-state index in [-0.39, 0.29) is 17.7 Å². The molecule has 4 rings (SSSR count). The number of carbonyl (C=O) groups excluding carboxylic acids is 1. The second-order valence-corrected chi connectivity index (χ2v) is 5.27. The lowest BCUT2D eigenvalue weighted by Gasteiger charge is -2.28. The van der Waals surface area contributed by atoms with E-state index in [1.54, 1.807) is 0 Å². The summed E-state index contributed by atoms with van der Waals surface area (Å²) in [6.07, 6.45) is 4.08. The minimum Gasteiger partial charge on any atom is -0.436 e. The van der Waals surface area contributed by atoms with Gasteiger partial charge in [-0.25, -0.2) is 4.79 Å². The van der Waals surface area contributed by atoms with Crippen molar-refractivity contribution in [2.75, 3.05) is 6.54 Å². The highest BCUT2D eigenvalue weighted by Crippen LogP contribution is 2.51. The molecule has 3 aliphatic rings. The molecule has 1 aliphatic carbocycles. The van der Waals surface area contributed by atoms with Gasteiger partial charge in [0.05, 0.1) is 6.04 Å². The largest absolute Gasteiger partial charge is 0.436 e. The van der Waals surface area contributed by atoms with E-state index >= 15 is 0 Å². The standard InChI is InChI=1S/C14H15NO2/c16-13-15-9-3-6-12(15)14(17-13)8-7-10-4-1-2-5-11(10)14/h1-2,4-5,12H,3,6-9H2/t12-,14-/m0/s1. The van der Waals surface area contributed by atoms with Crippen molar-refractivity contribution < 1.29 is 9.53 Å². The second-order valence-electron chi connectivity index (χ2n) is 5.27. The number of rotatable bonds is 0. The molecule has 0 N–H and O–H groups in total. The maximum atomic E-state index is 11.9. The number of benzene rings is 1. The Balaban J connectivity index is 1.87. The quantitative estimate of drug-likeness (QED) is 0.684. The van der Waals surface area contributed by atoms with Crippen molar-refractivity contribution >= 4 is 6.09 Å². The van der Waals surface area contributed by atoms with Crippen LogP contribution in [-0.4, -0.2) is 23.6 Å². The molecule has 0 radical (unpaired) electrons. The van der Waals surface area contributed by atoms with Crippen molar-refractivity contribution in [1.29, 1.82) is 0 Å². The van der Waals surface area contributed by atoms with Crippen molar-refractivity contribution in [1.82, 2.24) is 4.90 Å². The number of carbonyl (C=O) groups is 1. The molecule has 1 aromatic carbocycles. The minimum absolute atomic E-state index is 0.107. The van der Waals surface area contributed by atoms with Gasteiger partial charge in [0.15, 0.2) is 5.60 Å². The summed E-state index contributed by atoms with van der Waals surface area (Å²) in [5.41, 5.74) is 2.28. The van der Waals surface area contributed by atoms with Gasteiger partial charge < -0.3 is 9.64 Å². The maximum absolute atomic E-state index is 11.9. The zero-order valence-electron chi connectivity index (χ0n) is 9.69. The average molecular weight is 229 g/mol. The van der Waals surface area contributed by atoms with Crippen LogP contribution in [0.2, 0.25) is 0 Å². The third-order valence-corrected chi connectivity index (χ3v) is 4.53. The van der Waals surface area contributed by atoms with Gasteiger partial charge in [0, 0.05) is 12.1 Å². The highest BCUT2D eigenvalue weighted by Gasteiger charge is 2.58. The van der Waals surface area contributed by atoms with Crippen LogP contribution in [0.1, 0.15) is 30.4 Å². The second kappa shape index (κ2) is 3.03. The molecule has 1 spiro atoms. The van der Waals surface area contributed by atoms with Gasteiger partial charge in [0.2, 0.25) is 0 Å². The molecule has 3 heteroatoms. The Labute approximate surface area is 100 Å². The van der Waals surface area contributed by atoms with Gasteiger partial charge in [0.25, 0.3) is 0 Å². The molecule has 1 amide bonds. The molecular formula is C14H15NO2. The molecule has 0 saturated carbocycles. The Morgan fingerprint density at radius 1 is 1.35 bits per heavy atom. The SMILES string of the molecule is O=C1O[C@]2(CCc3ccccc32)[C@@H]2CCCN12. The van der Waals surface area contributed by atoms with E-state index in [4.69, 9.17) is 4.74 Å². The predicted octanol–water partition coefficient (Wildman–Crippen LogP) is 2.44. The summed E-state index contributed by atoms with van der Waals surface area (Å²) in [5.74, 6) is 0. The van der Waals surface area contributed by atoms with Crippen molar-refractivity contribution in [3.05, 3.63) is 35.4 Å². The number of nitrogens with zero attached hydrogens (tertiary/aromatic N) is 1. The Hall–Kier alpha value is -1.51. The van der Waals surface area contributed by atoms with E-state index in [9.17, 15) is 4.79 Å². The van der Waals surface area contributed by atoms with Crippen LogP contribution >= 0.6 is 0 Å². The summed E-state index contributed by atoms with van der Waals surface area (Å²) in [6.45, 7) is 0.868. The Morgan fingerprint density at radius 2 is 2.24 bits per heavy atom. The first-order valence-corrected chi connectivity index (χ1v) is 6.39. The summed E-state index contributed by atoms with van der Waals surface area (Å²) in [4.78, 5) is 13.9. The molecule has 88 valence electrons. The summed E-state index contributed by atoms with van der Waals surface area (Å²) in [7, 11) is 0. The molecule has 2 atom stereocenters. The lowest BCUT2D eigenvalue weighted by Crippen LogP contribution is -2.38. The van der Waals surface area contributed by atoms with Gasteiger partial charge in [-0.15, -0.1) is 0 Å². The van der Waals surface area contributed by atoms with Gasteiger partial charge in [-0.1, -0.05) is 24.3 Å². The van der Waals surface area contributed by atoms with Crippen LogP contribution in [0.15, 0.2) is 24.3 Å². The molecule has 2 saturated heterocycles. The number of ether oxygens (including phenoxy) is 1. The van der Waals surface area contributed by atoms with E-state index in [0.29, 0.717) is 0 Å². The van der Waals surface area contributed by atoms with Crippen molar-refractivity contribution in [2.24, 2.45) is 0 Å². The Morgan fingerprint density at radius 3 is 3.18 bits per heavy atom. The fraction of sp³-hybridized carbons (Fsp3) is 0.500. The zero-order chi connectivity index (χ0) is 11.5. The van der Waals surface area contributed by atoms with Crippen LogP contribution < -0.4 is 0 Å². The van der Waals surface area contributed by atoms with E-state index < -0.39 is 0 Å². The van der Waals surface area contributed by atoms with E-state index in [0.717, 1.165) is 32.2 Å². The number of hydrogen-bond donors (Lipinski definition) is 0. The Bertz CT molecular complexity index is 499. The number of fused-ring (bicyclic) bond motifs is 4. The molecule has 3 nitrogen and oxygen atoms in total. The van der Waals surface area contributed by atoms with Gasteiger partial charge in [-0.2, -0.15) is 0 Å². The fourth-order valence-electron chi connectivity index (χ4n) is 3.81. The average Bonchev–Trinajstić information content (AvgIpc) is 2.99. The van der Waals surface area contributed by atoms with Crippen molar-refractivity contribution in [2.45, 2.75) is 37.3 Å². The van der Waals surface area contributed by atoms with Crippen molar-refractivity contribution in [3.8, 4) is 0 Å². The van der Waals surface area contributed by atoms with E-state index in [1.165, 1.54) is 11.1 Å². The van der Waals surface area contributed by atoms with Crippen LogP contribution in [0.5, 0.6) is 0 Å². The molecule has 17 heavy (non-hydrogen) atoms. The number of hydrogen-bond acceptors (Lipinski definition) is 2. The molecule has 2 aliphatic heterocycles. The van der Waals surface area contributed by atoms with Crippen LogP contribution in [0.25, 0.3) is 0 Å². The monoisotopic (exact) mass is 229 g/mol. The molecular weight excluding hydrogens is 214 g/mol. The normalized spacial score (nSPS) is 34.0. The molecule has 0 aromatic heterocycles. The molecule has 1 aromatic rings. The molecule has 0 bridgehead atoms. The third-order valence-electron chi connectivity index (χ3n) is 4.53. The highest BCUT2D eigenvalue weighted by atomic mass is 16.6. The smallest absolute Gasteiger partial charge is 0.411 e. The summed E-state index contributed by atoms with van der Waals surface area (Å²) in [6, 6.07) is 8.70. The molecule has 2 heterocycles. The highest BCUT2D eigenvalue weighted by molar-refractivity contribution is 5.73. The lowest BCUT2D eigenvalue weighted by molar-refractivity contribution is 0.0330. The number of aryl methyl sites for hydroxylation is 1. The summed E-state index contributed by atoms with van der Waals surface area (Å²) in [5, 5.41) is 0. The van der Waals surface area contributed by atoms with Gasteiger partial charge in [-0.05, 0) is 31.2 Å². The van der Waals surface area contributed by atoms with Crippen LogP contribution in [0, 0.1) is 0 Å². The topological polar surface area (TPSA) is 29.5 Å². The maximum Gasteiger partial charge on any atom is 0.411 e. The lowest BCUT2D eigenvalue weighted by atomic mass is 9.87.